The summed E-state index contributed by atoms with van der Waals surface area (Å²) in [4.78, 5) is 10.2. The Kier molecular flexibility index (Phi) is 2.68. The van der Waals surface area contributed by atoms with Crippen LogP contribution in [0.1, 0.15) is 24.4 Å². The summed E-state index contributed by atoms with van der Waals surface area (Å²) in [5.41, 5.74) is 0.630. The van der Waals surface area contributed by atoms with Crippen LogP contribution in [-0.4, -0.2) is 27.8 Å². The lowest BCUT2D eigenvalue weighted by Gasteiger charge is -2.20. The molecule has 1 aromatic heterocycles. The van der Waals surface area contributed by atoms with Crippen molar-refractivity contribution in [1.82, 2.24) is 15.1 Å². The largest absolute Gasteiger partial charge is 0.392 e. The van der Waals surface area contributed by atoms with Gasteiger partial charge >= 0.3 is 5.82 Å². The number of nitrogens with zero attached hydrogens (tertiary/aromatic N) is 3. The van der Waals surface area contributed by atoms with Crippen LogP contribution in [0.3, 0.4) is 0 Å². The lowest BCUT2D eigenvalue weighted by Crippen LogP contribution is -2.31. The van der Waals surface area contributed by atoms with Gasteiger partial charge < -0.3 is 15.4 Å². The Balaban J connectivity index is 2.21. The van der Waals surface area contributed by atoms with E-state index in [4.69, 9.17) is 0 Å². The zero-order chi connectivity index (χ0) is 10.8. The molecule has 0 radical (unpaired) electrons. The van der Waals surface area contributed by atoms with Crippen LogP contribution in [0.4, 0.5) is 5.82 Å². The van der Waals surface area contributed by atoms with E-state index in [0.717, 1.165) is 25.9 Å². The average molecular weight is 210 g/mol. The monoisotopic (exact) mass is 210 g/mol. The highest BCUT2D eigenvalue weighted by Gasteiger charge is 2.23. The fraction of sp³-hybridized carbons (Fsp3) is 0.667. The van der Waals surface area contributed by atoms with Gasteiger partial charge in [-0.15, -0.1) is 0 Å². The summed E-state index contributed by atoms with van der Waals surface area (Å²) >= 11 is 0. The van der Waals surface area contributed by atoms with E-state index in [1.165, 1.54) is 0 Å². The zero-order valence-electron chi connectivity index (χ0n) is 8.64. The molecule has 1 aromatic rings. The highest BCUT2D eigenvalue weighted by atomic mass is 16.6. The molecule has 1 unspecified atom stereocenters. The van der Waals surface area contributed by atoms with Crippen LogP contribution in [0, 0.1) is 17.0 Å². The van der Waals surface area contributed by atoms with Gasteiger partial charge in [0.05, 0.1) is 22.9 Å². The van der Waals surface area contributed by atoms with E-state index in [-0.39, 0.29) is 11.9 Å². The highest BCUT2D eigenvalue weighted by Crippen LogP contribution is 2.21. The molecule has 15 heavy (non-hydrogen) atoms. The second-order valence-electron chi connectivity index (χ2n) is 3.87. The van der Waals surface area contributed by atoms with E-state index in [1.807, 2.05) is 0 Å². The van der Waals surface area contributed by atoms with Crippen LogP contribution in [-0.2, 0) is 0 Å². The molecule has 82 valence electrons. The molecule has 1 N–H and O–H groups in total. The lowest BCUT2D eigenvalue weighted by molar-refractivity contribution is -0.390. The maximum absolute atomic E-state index is 10.6. The van der Waals surface area contributed by atoms with Crippen molar-refractivity contribution in [2.24, 2.45) is 0 Å². The van der Waals surface area contributed by atoms with Gasteiger partial charge in [0.15, 0.2) is 0 Å². The van der Waals surface area contributed by atoms with Crippen molar-refractivity contribution >= 4 is 5.82 Å². The summed E-state index contributed by atoms with van der Waals surface area (Å²) in [5, 5.41) is 17.9. The second kappa shape index (κ2) is 3.98. The topological polar surface area (TPSA) is 73.0 Å². The van der Waals surface area contributed by atoms with Gasteiger partial charge in [-0.2, -0.15) is 4.68 Å². The van der Waals surface area contributed by atoms with Gasteiger partial charge in [0.1, 0.15) is 0 Å². The Bertz CT molecular complexity index is 368. The van der Waals surface area contributed by atoms with Crippen LogP contribution in [0.15, 0.2) is 6.20 Å². The van der Waals surface area contributed by atoms with Crippen molar-refractivity contribution in [3.63, 3.8) is 0 Å². The van der Waals surface area contributed by atoms with E-state index < -0.39 is 4.92 Å². The van der Waals surface area contributed by atoms with Gasteiger partial charge in [0.25, 0.3) is 0 Å². The van der Waals surface area contributed by atoms with E-state index in [0.29, 0.717) is 5.56 Å². The standard InChI is InChI=1S/C9H14N4O2/c1-7-6-12(11-9(7)13(14)15)8-3-2-4-10-5-8/h6,8,10H,2-5H2,1H3. The van der Waals surface area contributed by atoms with Crippen LogP contribution in [0.2, 0.25) is 0 Å². The van der Waals surface area contributed by atoms with Gasteiger partial charge in [-0.25, -0.2) is 0 Å². The first kappa shape index (κ1) is 10.1. The van der Waals surface area contributed by atoms with Crippen LogP contribution in [0.25, 0.3) is 0 Å². The van der Waals surface area contributed by atoms with Gasteiger partial charge in [-0.05, 0) is 31.2 Å². The van der Waals surface area contributed by atoms with Gasteiger partial charge in [0, 0.05) is 6.54 Å². The van der Waals surface area contributed by atoms with Gasteiger partial charge in [-0.3, -0.25) is 0 Å². The Morgan fingerprint density at radius 1 is 1.73 bits per heavy atom. The van der Waals surface area contributed by atoms with E-state index in [1.54, 1.807) is 17.8 Å². The number of aromatic nitrogens is 2. The predicted molar refractivity (Wildman–Crippen MR) is 54.8 cm³/mol. The quantitative estimate of drug-likeness (QED) is 0.584. The highest BCUT2D eigenvalue weighted by molar-refractivity contribution is 5.28. The molecule has 1 atom stereocenters. The van der Waals surface area contributed by atoms with Crippen LogP contribution in [0.5, 0.6) is 0 Å². The molecule has 6 heteroatoms. The molecule has 1 aliphatic rings. The Labute approximate surface area is 87.4 Å². The molecule has 6 nitrogen and oxygen atoms in total. The first-order valence-electron chi connectivity index (χ1n) is 5.09. The van der Waals surface area contributed by atoms with Crippen molar-refractivity contribution in [2.45, 2.75) is 25.8 Å². The summed E-state index contributed by atoms with van der Waals surface area (Å²) in [6.07, 6.45) is 3.89. The second-order valence-corrected chi connectivity index (χ2v) is 3.87. The van der Waals surface area contributed by atoms with Crippen molar-refractivity contribution in [2.75, 3.05) is 13.1 Å². The number of rotatable bonds is 2. The first-order valence-corrected chi connectivity index (χ1v) is 5.09. The van der Waals surface area contributed by atoms with E-state index >= 15 is 0 Å². The van der Waals surface area contributed by atoms with Crippen molar-refractivity contribution in [3.8, 4) is 0 Å². The molecular weight excluding hydrogens is 196 g/mol. The number of nitrogens with one attached hydrogen (secondary N) is 1. The number of hydrogen-bond donors (Lipinski definition) is 1. The van der Waals surface area contributed by atoms with Gasteiger partial charge in [0.2, 0.25) is 0 Å². The summed E-state index contributed by atoms with van der Waals surface area (Å²) in [6, 6.07) is 0.256. The molecule has 0 aromatic carbocycles. The summed E-state index contributed by atoms with van der Waals surface area (Å²) in [7, 11) is 0. The molecular formula is C9H14N4O2. The molecule has 0 saturated carbocycles. The molecule has 1 saturated heterocycles. The number of hydrogen-bond acceptors (Lipinski definition) is 4. The number of nitro groups is 1. The Morgan fingerprint density at radius 3 is 3.07 bits per heavy atom. The van der Waals surface area contributed by atoms with E-state index in [2.05, 4.69) is 10.4 Å². The third-order valence-electron chi connectivity index (χ3n) is 2.71. The zero-order valence-corrected chi connectivity index (χ0v) is 8.64. The van der Waals surface area contributed by atoms with E-state index in [9.17, 15) is 10.1 Å². The third-order valence-corrected chi connectivity index (χ3v) is 2.71. The van der Waals surface area contributed by atoms with Crippen LogP contribution < -0.4 is 5.32 Å². The Hall–Kier alpha value is -1.43. The fourth-order valence-corrected chi connectivity index (χ4v) is 1.90. The third kappa shape index (κ3) is 1.99. The molecule has 1 aliphatic heterocycles. The fourth-order valence-electron chi connectivity index (χ4n) is 1.90. The maximum Gasteiger partial charge on any atom is 0.392 e. The molecule has 2 heterocycles. The average Bonchev–Trinajstić information content (AvgIpc) is 2.62. The summed E-state index contributed by atoms with van der Waals surface area (Å²) in [5.74, 6) is -0.0272. The SMILES string of the molecule is Cc1cn(C2CCCNC2)nc1[N+](=O)[O-]. The minimum atomic E-state index is -0.428. The lowest BCUT2D eigenvalue weighted by atomic mass is 10.1. The smallest absolute Gasteiger partial charge is 0.358 e. The van der Waals surface area contributed by atoms with Gasteiger partial charge in [-0.1, -0.05) is 0 Å². The first-order chi connectivity index (χ1) is 7.18. The maximum atomic E-state index is 10.6. The molecule has 0 amide bonds. The molecule has 2 rings (SSSR count). The molecule has 1 fully saturated rings. The van der Waals surface area contributed by atoms with Crippen molar-refractivity contribution in [1.29, 1.82) is 0 Å². The summed E-state index contributed by atoms with van der Waals surface area (Å²) in [6.45, 7) is 3.59. The van der Waals surface area contributed by atoms with Crippen LogP contribution >= 0.6 is 0 Å². The minimum absolute atomic E-state index is 0.0272. The number of piperidine rings is 1. The molecule has 0 spiro atoms. The Morgan fingerprint density at radius 2 is 2.53 bits per heavy atom. The summed E-state index contributed by atoms with van der Waals surface area (Å²) < 4.78 is 1.72. The number of aryl methyl sites for hydroxylation is 1. The minimum Gasteiger partial charge on any atom is -0.358 e. The van der Waals surface area contributed by atoms with Crippen molar-refractivity contribution in [3.05, 3.63) is 21.9 Å². The molecule has 0 aliphatic carbocycles. The predicted octanol–water partition coefficient (Wildman–Crippen LogP) is 1.02. The van der Waals surface area contributed by atoms with Crippen molar-refractivity contribution < 1.29 is 4.92 Å². The normalized spacial score (nSPS) is 21.5. The molecule has 0 bridgehead atoms.